The SMILES string of the molecule is N#CCC1(CSCCCO)CC1. The summed E-state index contributed by atoms with van der Waals surface area (Å²) in [6, 6.07) is 2.25. The van der Waals surface area contributed by atoms with Crippen molar-refractivity contribution in [3.8, 4) is 6.07 Å². The molecular weight excluding hydrogens is 170 g/mol. The summed E-state index contributed by atoms with van der Waals surface area (Å²) in [4.78, 5) is 0. The predicted octanol–water partition coefficient (Wildman–Crippen LogP) is 1.80. The Labute approximate surface area is 78.0 Å². The van der Waals surface area contributed by atoms with Crippen molar-refractivity contribution in [2.45, 2.75) is 25.7 Å². The van der Waals surface area contributed by atoms with Crippen LogP contribution < -0.4 is 0 Å². The van der Waals surface area contributed by atoms with Gasteiger partial charge in [-0.25, -0.2) is 0 Å². The molecule has 68 valence electrons. The maximum Gasteiger partial charge on any atom is 0.0627 e. The first-order chi connectivity index (χ1) is 5.83. The molecule has 0 aromatic carbocycles. The molecule has 1 fully saturated rings. The largest absolute Gasteiger partial charge is 0.396 e. The number of aliphatic hydroxyl groups is 1. The molecule has 1 saturated carbocycles. The van der Waals surface area contributed by atoms with Gasteiger partial charge in [-0.1, -0.05) is 0 Å². The van der Waals surface area contributed by atoms with E-state index in [1.54, 1.807) is 0 Å². The molecule has 0 amide bonds. The second-order valence-corrected chi connectivity index (χ2v) is 4.57. The summed E-state index contributed by atoms with van der Waals surface area (Å²) in [6.07, 6.45) is 4.06. The van der Waals surface area contributed by atoms with Crippen LogP contribution in [0.15, 0.2) is 0 Å². The van der Waals surface area contributed by atoms with Crippen LogP contribution >= 0.6 is 11.8 Å². The molecule has 0 spiro atoms. The molecule has 1 N–H and O–H groups in total. The summed E-state index contributed by atoms with van der Waals surface area (Å²) < 4.78 is 0. The van der Waals surface area contributed by atoms with E-state index < -0.39 is 0 Å². The van der Waals surface area contributed by atoms with Gasteiger partial charge in [0.15, 0.2) is 0 Å². The molecule has 2 nitrogen and oxygen atoms in total. The molecule has 1 aliphatic carbocycles. The average Bonchev–Trinajstić information content (AvgIpc) is 2.81. The van der Waals surface area contributed by atoms with Crippen LogP contribution in [0.1, 0.15) is 25.7 Å². The second kappa shape index (κ2) is 4.74. The Balaban J connectivity index is 2.03. The molecular formula is C9H15NOS. The maximum absolute atomic E-state index is 8.55. The Kier molecular flexibility index (Phi) is 3.90. The van der Waals surface area contributed by atoms with Gasteiger partial charge in [-0.15, -0.1) is 0 Å². The molecule has 0 saturated heterocycles. The van der Waals surface area contributed by atoms with Crippen LogP contribution in [0.5, 0.6) is 0 Å². The van der Waals surface area contributed by atoms with Crippen molar-refractivity contribution >= 4 is 11.8 Å². The van der Waals surface area contributed by atoms with Crippen LogP contribution in [0.25, 0.3) is 0 Å². The van der Waals surface area contributed by atoms with Crippen molar-refractivity contribution < 1.29 is 5.11 Å². The van der Waals surface area contributed by atoms with Gasteiger partial charge in [-0.05, 0) is 36.2 Å². The highest BCUT2D eigenvalue weighted by molar-refractivity contribution is 7.99. The van der Waals surface area contributed by atoms with E-state index in [1.165, 1.54) is 12.8 Å². The van der Waals surface area contributed by atoms with Crippen LogP contribution in [-0.4, -0.2) is 23.2 Å². The monoisotopic (exact) mass is 185 g/mol. The summed E-state index contributed by atoms with van der Waals surface area (Å²) in [7, 11) is 0. The summed E-state index contributed by atoms with van der Waals surface area (Å²) in [6.45, 7) is 0.290. The predicted molar refractivity (Wildman–Crippen MR) is 50.9 cm³/mol. The van der Waals surface area contributed by atoms with E-state index in [2.05, 4.69) is 6.07 Å². The zero-order valence-corrected chi connectivity index (χ0v) is 8.07. The molecule has 3 heteroatoms. The van der Waals surface area contributed by atoms with Gasteiger partial charge < -0.3 is 5.11 Å². The second-order valence-electron chi connectivity index (χ2n) is 3.46. The number of nitriles is 1. The molecule has 0 radical (unpaired) electrons. The van der Waals surface area contributed by atoms with Crippen molar-refractivity contribution in [2.24, 2.45) is 5.41 Å². The maximum atomic E-state index is 8.55. The number of rotatable bonds is 6. The van der Waals surface area contributed by atoms with Crippen molar-refractivity contribution in [1.82, 2.24) is 0 Å². The fourth-order valence-corrected chi connectivity index (χ4v) is 2.47. The molecule has 0 aromatic rings. The summed E-state index contributed by atoms with van der Waals surface area (Å²) in [5.41, 5.74) is 0.370. The number of aliphatic hydroxyl groups excluding tert-OH is 1. The van der Waals surface area contributed by atoms with Crippen molar-refractivity contribution in [3.63, 3.8) is 0 Å². The van der Waals surface area contributed by atoms with Gasteiger partial charge in [0.2, 0.25) is 0 Å². The molecule has 0 heterocycles. The lowest BCUT2D eigenvalue weighted by Crippen LogP contribution is -2.03. The third-order valence-corrected chi connectivity index (χ3v) is 3.66. The highest BCUT2D eigenvalue weighted by Crippen LogP contribution is 2.50. The quantitative estimate of drug-likeness (QED) is 0.642. The number of hydrogen-bond acceptors (Lipinski definition) is 3. The molecule has 1 rings (SSSR count). The third-order valence-electron chi connectivity index (χ3n) is 2.27. The Bertz CT molecular complexity index is 172. The Morgan fingerprint density at radius 1 is 1.50 bits per heavy atom. The minimum atomic E-state index is 0.290. The minimum Gasteiger partial charge on any atom is -0.396 e. The Morgan fingerprint density at radius 2 is 2.25 bits per heavy atom. The smallest absolute Gasteiger partial charge is 0.0627 e. The van der Waals surface area contributed by atoms with Crippen LogP contribution in [0, 0.1) is 16.7 Å². The first-order valence-electron chi connectivity index (χ1n) is 4.38. The van der Waals surface area contributed by atoms with E-state index >= 15 is 0 Å². The molecule has 0 aliphatic heterocycles. The fraction of sp³-hybridized carbons (Fsp3) is 0.889. The number of hydrogen-bond donors (Lipinski definition) is 1. The van der Waals surface area contributed by atoms with E-state index in [0.717, 1.165) is 24.3 Å². The van der Waals surface area contributed by atoms with Gasteiger partial charge in [0.1, 0.15) is 0 Å². The lowest BCUT2D eigenvalue weighted by molar-refractivity contribution is 0.296. The zero-order valence-electron chi connectivity index (χ0n) is 7.25. The topological polar surface area (TPSA) is 44.0 Å². The van der Waals surface area contributed by atoms with Crippen molar-refractivity contribution in [3.05, 3.63) is 0 Å². The lowest BCUT2D eigenvalue weighted by Gasteiger charge is -2.08. The highest BCUT2D eigenvalue weighted by atomic mass is 32.2. The number of nitrogens with zero attached hydrogens (tertiary/aromatic N) is 1. The molecule has 0 unspecified atom stereocenters. The van der Waals surface area contributed by atoms with E-state index in [4.69, 9.17) is 10.4 Å². The van der Waals surface area contributed by atoms with Crippen molar-refractivity contribution in [1.29, 1.82) is 5.26 Å². The summed E-state index contributed by atoms with van der Waals surface area (Å²) >= 11 is 1.88. The Hall–Kier alpha value is -0.200. The molecule has 12 heavy (non-hydrogen) atoms. The van der Waals surface area contributed by atoms with Crippen LogP contribution in [0.3, 0.4) is 0 Å². The van der Waals surface area contributed by atoms with Gasteiger partial charge in [-0.2, -0.15) is 17.0 Å². The normalized spacial score (nSPS) is 18.7. The van der Waals surface area contributed by atoms with Gasteiger partial charge in [0, 0.05) is 13.0 Å². The van der Waals surface area contributed by atoms with Gasteiger partial charge in [0.25, 0.3) is 0 Å². The summed E-state index contributed by atoms with van der Waals surface area (Å²) in [5, 5.41) is 17.1. The van der Waals surface area contributed by atoms with E-state index in [1.807, 2.05) is 11.8 Å². The Morgan fingerprint density at radius 3 is 2.75 bits per heavy atom. The first kappa shape index (κ1) is 9.88. The number of thioether (sulfide) groups is 1. The van der Waals surface area contributed by atoms with E-state index in [0.29, 0.717) is 5.41 Å². The molecule has 0 bridgehead atoms. The van der Waals surface area contributed by atoms with Gasteiger partial charge in [-0.3, -0.25) is 0 Å². The van der Waals surface area contributed by atoms with Crippen LogP contribution in [-0.2, 0) is 0 Å². The van der Waals surface area contributed by atoms with Gasteiger partial charge >= 0.3 is 0 Å². The molecule has 1 aliphatic rings. The zero-order chi connectivity index (χ0) is 8.86. The molecule has 0 atom stereocenters. The van der Waals surface area contributed by atoms with Crippen LogP contribution in [0.2, 0.25) is 0 Å². The average molecular weight is 185 g/mol. The minimum absolute atomic E-state index is 0.290. The first-order valence-corrected chi connectivity index (χ1v) is 5.54. The standard InChI is InChI=1S/C9H15NOS/c10-5-4-9(2-3-9)8-12-7-1-6-11/h11H,1-4,6-8H2. The fourth-order valence-electron chi connectivity index (χ4n) is 1.17. The van der Waals surface area contributed by atoms with E-state index in [9.17, 15) is 0 Å². The van der Waals surface area contributed by atoms with Gasteiger partial charge in [0.05, 0.1) is 6.07 Å². The molecule has 0 aromatic heterocycles. The summed E-state index contributed by atoms with van der Waals surface area (Å²) in [5.74, 6) is 2.14. The van der Waals surface area contributed by atoms with E-state index in [-0.39, 0.29) is 6.61 Å². The lowest BCUT2D eigenvalue weighted by atomic mass is 10.1. The third kappa shape index (κ3) is 3.04. The van der Waals surface area contributed by atoms with Crippen LogP contribution in [0.4, 0.5) is 0 Å². The highest BCUT2D eigenvalue weighted by Gasteiger charge is 2.41. The van der Waals surface area contributed by atoms with Crippen molar-refractivity contribution in [2.75, 3.05) is 18.1 Å².